The summed E-state index contributed by atoms with van der Waals surface area (Å²) in [5, 5.41) is 9.32. The molecule has 1 aromatic heterocycles. The summed E-state index contributed by atoms with van der Waals surface area (Å²) < 4.78 is 0. The Labute approximate surface area is 112 Å². The number of hydrogen-bond acceptors (Lipinski definition) is 3. The molecule has 2 heterocycles. The molecule has 0 spiro atoms. The molecule has 19 heavy (non-hydrogen) atoms. The SMILES string of the molecule is CCC1(C(=O)O)CCN(C(=O)c2ccncc2)CC1. The molecule has 0 atom stereocenters. The molecule has 1 aliphatic rings. The lowest BCUT2D eigenvalue weighted by Gasteiger charge is -2.38. The summed E-state index contributed by atoms with van der Waals surface area (Å²) in [6.45, 7) is 2.90. The quantitative estimate of drug-likeness (QED) is 0.901. The van der Waals surface area contributed by atoms with E-state index in [1.807, 2.05) is 6.92 Å². The number of carboxylic acid groups (broad SMARTS) is 1. The number of hydrogen-bond donors (Lipinski definition) is 1. The Bertz CT molecular complexity index is 465. The maximum Gasteiger partial charge on any atom is 0.309 e. The minimum Gasteiger partial charge on any atom is -0.481 e. The second-order valence-electron chi connectivity index (χ2n) is 4.97. The van der Waals surface area contributed by atoms with Crippen LogP contribution in [-0.4, -0.2) is 40.0 Å². The predicted molar refractivity (Wildman–Crippen MR) is 69.7 cm³/mol. The van der Waals surface area contributed by atoms with Crippen molar-refractivity contribution in [3.8, 4) is 0 Å². The minimum absolute atomic E-state index is 0.0440. The second-order valence-corrected chi connectivity index (χ2v) is 4.97. The number of carbonyl (C=O) groups is 2. The van der Waals surface area contributed by atoms with Gasteiger partial charge in [-0.1, -0.05) is 6.92 Å². The zero-order chi connectivity index (χ0) is 13.9. The number of aromatic nitrogens is 1. The Balaban J connectivity index is 2.04. The largest absolute Gasteiger partial charge is 0.481 e. The van der Waals surface area contributed by atoms with E-state index in [-0.39, 0.29) is 5.91 Å². The second kappa shape index (κ2) is 5.38. The van der Waals surface area contributed by atoms with E-state index in [2.05, 4.69) is 4.98 Å². The van der Waals surface area contributed by atoms with Crippen molar-refractivity contribution in [1.82, 2.24) is 9.88 Å². The van der Waals surface area contributed by atoms with Gasteiger partial charge in [0.1, 0.15) is 0 Å². The van der Waals surface area contributed by atoms with Gasteiger partial charge in [-0.15, -0.1) is 0 Å². The fourth-order valence-electron chi connectivity index (χ4n) is 2.53. The first-order chi connectivity index (χ1) is 9.09. The first-order valence-electron chi connectivity index (χ1n) is 6.52. The molecule has 1 fully saturated rings. The Morgan fingerprint density at radius 3 is 2.37 bits per heavy atom. The first kappa shape index (κ1) is 13.5. The average molecular weight is 262 g/mol. The van der Waals surface area contributed by atoms with Gasteiger partial charge in [0.25, 0.3) is 5.91 Å². The molecule has 0 radical (unpaired) electrons. The fourth-order valence-corrected chi connectivity index (χ4v) is 2.53. The first-order valence-corrected chi connectivity index (χ1v) is 6.52. The number of pyridine rings is 1. The highest BCUT2D eigenvalue weighted by atomic mass is 16.4. The average Bonchev–Trinajstić information content (AvgIpc) is 2.47. The highest BCUT2D eigenvalue weighted by Crippen LogP contribution is 2.35. The van der Waals surface area contributed by atoms with Gasteiger partial charge < -0.3 is 10.0 Å². The van der Waals surface area contributed by atoms with E-state index >= 15 is 0 Å². The van der Waals surface area contributed by atoms with Crippen LogP contribution < -0.4 is 0 Å². The number of amides is 1. The Morgan fingerprint density at radius 1 is 1.32 bits per heavy atom. The monoisotopic (exact) mass is 262 g/mol. The topological polar surface area (TPSA) is 70.5 Å². The van der Waals surface area contributed by atoms with Crippen LogP contribution in [0.15, 0.2) is 24.5 Å². The lowest BCUT2D eigenvalue weighted by Crippen LogP contribution is -2.46. The highest BCUT2D eigenvalue weighted by molar-refractivity contribution is 5.94. The maximum atomic E-state index is 12.2. The van der Waals surface area contributed by atoms with Crippen LogP contribution in [0, 0.1) is 5.41 Å². The Hall–Kier alpha value is -1.91. The van der Waals surface area contributed by atoms with Gasteiger partial charge in [0.05, 0.1) is 5.41 Å². The Morgan fingerprint density at radius 2 is 1.89 bits per heavy atom. The standard InChI is InChI=1S/C14H18N2O3/c1-2-14(13(18)19)5-9-16(10-6-14)12(17)11-3-7-15-8-4-11/h3-4,7-8H,2,5-6,9-10H2,1H3,(H,18,19). The molecule has 0 aromatic carbocycles. The van der Waals surface area contributed by atoms with E-state index in [1.165, 1.54) is 0 Å². The number of carbonyl (C=O) groups excluding carboxylic acids is 1. The van der Waals surface area contributed by atoms with Gasteiger partial charge in [-0.3, -0.25) is 14.6 Å². The minimum atomic E-state index is -0.744. The van der Waals surface area contributed by atoms with Crippen LogP contribution in [0.5, 0.6) is 0 Å². The number of nitrogens with zero attached hydrogens (tertiary/aromatic N) is 2. The molecule has 0 unspecified atom stereocenters. The van der Waals surface area contributed by atoms with E-state index in [1.54, 1.807) is 29.4 Å². The van der Waals surface area contributed by atoms with Crippen molar-refractivity contribution >= 4 is 11.9 Å². The molecule has 0 saturated carbocycles. The summed E-state index contributed by atoms with van der Waals surface area (Å²) in [6, 6.07) is 3.36. The van der Waals surface area contributed by atoms with E-state index < -0.39 is 11.4 Å². The molecule has 0 aliphatic carbocycles. The van der Waals surface area contributed by atoms with Crippen LogP contribution in [0.2, 0.25) is 0 Å². The summed E-state index contributed by atoms with van der Waals surface area (Å²) in [5.41, 5.74) is -0.0519. The molecule has 5 heteroatoms. The van der Waals surface area contributed by atoms with Gasteiger partial charge in [-0.25, -0.2) is 0 Å². The van der Waals surface area contributed by atoms with Crippen molar-refractivity contribution in [2.24, 2.45) is 5.41 Å². The summed E-state index contributed by atoms with van der Waals surface area (Å²) in [5.74, 6) is -0.788. The van der Waals surface area contributed by atoms with Gasteiger partial charge in [-0.05, 0) is 31.4 Å². The van der Waals surface area contributed by atoms with Gasteiger partial charge in [0.2, 0.25) is 0 Å². The van der Waals surface area contributed by atoms with Gasteiger partial charge in [0.15, 0.2) is 0 Å². The van der Waals surface area contributed by atoms with Gasteiger partial charge >= 0.3 is 5.97 Å². The van der Waals surface area contributed by atoms with Crippen LogP contribution in [0.25, 0.3) is 0 Å². The van der Waals surface area contributed by atoms with E-state index in [0.717, 1.165) is 0 Å². The third-order valence-corrected chi connectivity index (χ3v) is 4.07. The fraction of sp³-hybridized carbons (Fsp3) is 0.500. The van der Waals surface area contributed by atoms with Crippen molar-refractivity contribution in [3.05, 3.63) is 30.1 Å². The lowest BCUT2D eigenvalue weighted by molar-refractivity contribution is -0.152. The van der Waals surface area contributed by atoms with Crippen molar-refractivity contribution < 1.29 is 14.7 Å². The summed E-state index contributed by atoms with van der Waals surface area (Å²) in [6.07, 6.45) is 4.83. The summed E-state index contributed by atoms with van der Waals surface area (Å²) in [4.78, 5) is 29.2. The number of carboxylic acids is 1. The predicted octanol–water partition coefficient (Wildman–Crippen LogP) is 1.80. The molecular weight excluding hydrogens is 244 g/mol. The van der Waals surface area contributed by atoms with Crippen LogP contribution in [0.3, 0.4) is 0 Å². The van der Waals surface area contributed by atoms with Crippen LogP contribution in [0.1, 0.15) is 36.5 Å². The molecular formula is C14H18N2O3. The normalized spacial score (nSPS) is 18.1. The van der Waals surface area contributed by atoms with Gasteiger partial charge in [0, 0.05) is 31.0 Å². The van der Waals surface area contributed by atoms with Crippen molar-refractivity contribution in [1.29, 1.82) is 0 Å². The van der Waals surface area contributed by atoms with Crippen LogP contribution in [-0.2, 0) is 4.79 Å². The van der Waals surface area contributed by atoms with Crippen molar-refractivity contribution in [3.63, 3.8) is 0 Å². The smallest absolute Gasteiger partial charge is 0.309 e. The number of likely N-dealkylation sites (tertiary alicyclic amines) is 1. The van der Waals surface area contributed by atoms with Crippen molar-refractivity contribution in [2.75, 3.05) is 13.1 Å². The van der Waals surface area contributed by atoms with E-state index in [9.17, 15) is 14.7 Å². The molecule has 1 saturated heterocycles. The number of rotatable bonds is 3. The molecule has 5 nitrogen and oxygen atoms in total. The third kappa shape index (κ3) is 2.59. The zero-order valence-electron chi connectivity index (χ0n) is 11.0. The summed E-state index contributed by atoms with van der Waals surface area (Å²) >= 11 is 0. The molecule has 0 bridgehead atoms. The third-order valence-electron chi connectivity index (χ3n) is 4.07. The highest BCUT2D eigenvalue weighted by Gasteiger charge is 2.40. The van der Waals surface area contributed by atoms with Gasteiger partial charge in [-0.2, -0.15) is 0 Å². The number of piperidine rings is 1. The van der Waals surface area contributed by atoms with Crippen molar-refractivity contribution in [2.45, 2.75) is 26.2 Å². The molecule has 1 aliphatic heterocycles. The van der Waals surface area contributed by atoms with Crippen LogP contribution >= 0.6 is 0 Å². The Kier molecular flexibility index (Phi) is 3.83. The zero-order valence-corrected chi connectivity index (χ0v) is 11.0. The molecule has 1 amide bonds. The summed E-state index contributed by atoms with van der Waals surface area (Å²) in [7, 11) is 0. The van der Waals surface area contributed by atoms with E-state index in [4.69, 9.17) is 0 Å². The lowest BCUT2D eigenvalue weighted by atomic mass is 9.76. The molecule has 2 rings (SSSR count). The molecule has 1 N–H and O–H groups in total. The van der Waals surface area contributed by atoms with Crippen LogP contribution in [0.4, 0.5) is 0 Å². The number of aliphatic carboxylic acids is 1. The molecule has 102 valence electrons. The molecule has 1 aromatic rings. The van der Waals surface area contributed by atoms with E-state index in [0.29, 0.717) is 37.9 Å². The maximum absolute atomic E-state index is 12.2.